The summed E-state index contributed by atoms with van der Waals surface area (Å²) < 4.78 is 0. The summed E-state index contributed by atoms with van der Waals surface area (Å²) in [5, 5.41) is 12.0. The van der Waals surface area contributed by atoms with Crippen LogP contribution >= 0.6 is 11.6 Å². The van der Waals surface area contributed by atoms with Crippen molar-refractivity contribution in [3.63, 3.8) is 0 Å². The molecule has 104 valence electrons. The molecule has 0 saturated carbocycles. The summed E-state index contributed by atoms with van der Waals surface area (Å²) in [6.07, 6.45) is 1.18. The van der Waals surface area contributed by atoms with E-state index >= 15 is 0 Å². The Bertz CT molecular complexity index is 474. The maximum atomic E-state index is 11.8. The van der Waals surface area contributed by atoms with E-state index in [4.69, 9.17) is 16.7 Å². The molecule has 1 aromatic carbocycles. The molecule has 0 saturated heterocycles. The molecular formula is C14H18ClNO3. The van der Waals surface area contributed by atoms with Crippen molar-refractivity contribution in [2.24, 2.45) is 5.92 Å². The summed E-state index contributed by atoms with van der Waals surface area (Å²) in [5.41, 5.74) is 1.44. The number of carbonyl (C=O) groups excluding carboxylic acids is 1. The second-order valence-corrected chi connectivity index (χ2v) is 5.01. The largest absolute Gasteiger partial charge is 0.481 e. The lowest BCUT2D eigenvalue weighted by atomic mass is 10.1. The van der Waals surface area contributed by atoms with Crippen LogP contribution in [0.25, 0.3) is 0 Å². The highest BCUT2D eigenvalue weighted by molar-refractivity contribution is 6.31. The fraction of sp³-hybridized carbons (Fsp3) is 0.429. The van der Waals surface area contributed by atoms with E-state index in [1.165, 1.54) is 0 Å². The molecule has 1 amide bonds. The topological polar surface area (TPSA) is 66.4 Å². The Kier molecular flexibility index (Phi) is 5.83. The fourth-order valence-electron chi connectivity index (χ4n) is 1.57. The van der Waals surface area contributed by atoms with Crippen molar-refractivity contribution >= 4 is 23.5 Å². The molecule has 1 atom stereocenters. The van der Waals surface area contributed by atoms with E-state index in [9.17, 15) is 9.59 Å². The van der Waals surface area contributed by atoms with Gasteiger partial charge in [-0.15, -0.1) is 0 Å². The molecule has 4 nitrogen and oxygen atoms in total. The first kappa shape index (κ1) is 15.5. The van der Waals surface area contributed by atoms with Crippen LogP contribution in [-0.2, 0) is 4.79 Å². The first-order valence-corrected chi connectivity index (χ1v) is 6.56. The SMILES string of the molecule is Cc1ccc(C(=O)NCCCC(C)C(=O)O)cc1Cl. The van der Waals surface area contributed by atoms with Crippen LogP contribution in [-0.4, -0.2) is 23.5 Å². The summed E-state index contributed by atoms with van der Waals surface area (Å²) in [6, 6.07) is 5.15. The summed E-state index contributed by atoms with van der Waals surface area (Å²) in [6.45, 7) is 3.99. The van der Waals surface area contributed by atoms with E-state index in [-0.39, 0.29) is 11.8 Å². The van der Waals surface area contributed by atoms with Crippen molar-refractivity contribution < 1.29 is 14.7 Å². The third-order valence-corrected chi connectivity index (χ3v) is 3.36. The van der Waals surface area contributed by atoms with E-state index < -0.39 is 5.97 Å². The number of carboxylic acids is 1. The van der Waals surface area contributed by atoms with Gasteiger partial charge in [-0.3, -0.25) is 9.59 Å². The molecule has 1 rings (SSSR count). The van der Waals surface area contributed by atoms with Crippen molar-refractivity contribution in [2.75, 3.05) is 6.54 Å². The second-order valence-electron chi connectivity index (χ2n) is 4.60. The zero-order valence-electron chi connectivity index (χ0n) is 11.1. The molecule has 0 radical (unpaired) electrons. The number of aliphatic carboxylic acids is 1. The Balaban J connectivity index is 2.39. The number of nitrogens with one attached hydrogen (secondary N) is 1. The predicted octanol–water partition coefficient (Wildman–Crippen LogP) is 2.88. The Hall–Kier alpha value is -1.55. The van der Waals surface area contributed by atoms with Crippen LogP contribution in [0.15, 0.2) is 18.2 Å². The standard InChI is InChI=1S/C14H18ClNO3/c1-9-5-6-11(8-12(9)15)13(17)16-7-3-4-10(2)14(18)19/h5-6,8,10H,3-4,7H2,1-2H3,(H,16,17)(H,18,19). The van der Waals surface area contributed by atoms with E-state index in [0.29, 0.717) is 30.0 Å². The van der Waals surface area contributed by atoms with Gasteiger partial charge < -0.3 is 10.4 Å². The number of halogens is 1. The highest BCUT2D eigenvalue weighted by Gasteiger charge is 2.11. The van der Waals surface area contributed by atoms with Crippen LogP contribution in [0.3, 0.4) is 0 Å². The van der Waals surface area contributed by atoms with Gasteiger partial charge in [0.15, 0.2) is 0 Å². The van der Waals surface area contributed by atoms with Crippen LogP contribution in [0, 0.1) is 12.8 Å². The van der Waals surface area contributed by atoms with Gasteiger partial charge in [0.25, 0.3) is 5.91 Å². The number of rotatable bonds is 6. The van der Waals surface area contributed by atoms with Crippen molar-refractivity contribution in [1.29, 1.82) is 0 Å². The van der Waals surface area contributed by atoms with E-state index in [1.807, 2.05) is 6.92 Å². The summed E-state index contributed by atoms with van der Waals surface area (Å²) >= 11 is 5.95. The molecule has 1 unspecified atom stereocenters. The second kappa shape index (κ2) is 7.14. The van der Waals surface area contributed by atoms with Gasteiger partial charge in [0.1, 0.15) is 0 Å². The highest BCUT2D eigenvalue weighted by Crippen LogP contribution is 2.16. The highest BCUT2D eigenvalue weighted by atomic mass is 35.5. The average Bonchev–Trinajstić information content (AvgIpc) is 2.37. The maximum Gasteiger partial charge on any atom is 0.306 e. The average molecular weight is 284 g/mol. The molecule has 0 fully saturated rings. The number of aryl methyl sites for hydroxylation is 1. The number of benzene rings is 1. The van der Waals surface area contributed by atoms with Gasteiger partial charge in [0.2, 0.25) is 0 Å². The van der Waals surface area contributed by atoms with Crippen molar-refractivity contribution in [2.45, 2.75) is 26.7 Å². The summed E-state index contributed by atoms with van der Waals surface area (Å²) in [5.74, 6) is -1.38. The van der Waals surface area contributed by atoms with Gasteiger partial charge in [0.05, 0.1) is 5.92 Å². The Morgan fingerprint density at radius 3 is 2.68 bits per heavy atom. The molecule has 5 heteroatoms. The van der Waals surface area contributed by atoms with Crippen molar-refractivity contribution in [3.8, 4) is 0 Å². The molecule has 0 bridgehead atoms. The lowest BCUT2D eigenvalue weighted by Crippen LogP contribution is -2.25. The molecule has 0 heterocycles. The minimum absolute atomic E-state index is 0.190. The van der Waals surface area contributed by atoms with Crippen LogP contribution in [0.5, 0.6) is 0 Å². The normalized spacial score (nSPS) is 11.9. The summed E-state index contributed by atoms with van der Waals surface area (Å²) in [7, 11) is 0. The van der Waals surface area contributed by atoms with Crippen molar-refractivity contribution in [1.82, 2.24) is 5.32 Å². The van der Waals surface area contributed by atoms with Gasteiger partial charge in [-0.05, 0) is 37.5 Å². The zero-order valence-corrected chi connectivity index (χ0v) is 11.8. The monoisotopic (exact) mass is 283 g/mol. The number of hydrogen-bond donors (Lipinski definition) is 2. The number of carboxylic acid groups (broad SMARTS) is 1. The maximum absolute atomic E-state index is 11.8. The molecule has 0 spiro atoms. The third kappa shape index (κ3) is 4.91. The molecule has 1 aromatic rings. The first-order valence-electron chi connectivity index (χ1n) is 6.19. The zero-order chi connectivity index (χ0) is 14.4. The van der Waals surface area contributed by atoms with Crippen LogP contribution in [0.1, 0.15) is 35.7 Å². The van der Waals surface area contributed by atoms with E-state index in [1.54, 1.807) is 25.1 Å². The quantitative estimate of drug-likeness (QED) is 0.789. The molecule has 2 N–H and O–H groups in total. The van der Waals surface area contributed by atoms with E-state index in [0.717, 1.165) is 5.56 Å². The van der Waals surface area contributed by atoms with Crippen LogP contribution in [0.2, 0.25) is 5.02 Å². The number of hydrogen-bond acceptors (Lipinski definition) is 2. The number of amides is 1. The molecule has 0 aromatic heterocycles. The smallest absolute Gasteiger partial charge is 0.306 e. The minimum atomic E-state index is -0.809. The third-order valence-electron chi connectivity index (χ3n) is 2.96. The lowest BCUT2D eigenvalue weighted by molar-refractivity contribution is -0.141. The Morgan fingerprint density at radius 2 is 2.11 bits per heavy atom. The summed E-state index contributed by atoms with van der Waals surface area (Å²) in [4.78, 5) is 22.4. The van der Waals surface area contributed by atoms with Crippen LogP contribution < -0.4 is 5.32 Å². The lowest BCUT2D eigenvalue weighted by Gasteiger charge is -2.08. The Morgan fingerprint density at radius 1 is 1.42 bits per heavy atom. The van der Waals surface area contributed by atoms with Crippen LogP contribution in [0.4, 0.5) is 0 Å². The minimum Gasteiger partial charge on any atom is -0.481 e. The molecule has 0 aliphatic carbocycles. The molecule has 0 aliphatic rings. The van der Waals surface area contributed by atoms with Gasteiger partial charge >= 0.3 is 5.97 Å². The number of carbonyl (C=O) groups is 2. The fourth-order valence-corrected chi connectivity index (χ4v) is 1.75. The molecule has 19 heavy (non-hydrogen) atoms. The van der Waals surface area contributed by atoms with Crippen molar-refractivity contribution in [3.05, 3.63) is 34.3 Å². The van der Waals surface area contributed by atoms with Gasteiger partial charge in [-0.1, -0.05) is 24.6 Å². The molecule has 0 aliphatic heterocycles. The van der Waals surface area contributed by atoms with E-state index in [2.05, 4.69) is 5.32 Å². The van der Waals surface area contributed by atoms with Gasteiger partial charge in [-0.25, -0.2) is 0 Å². The first-order chi connectivity index (χ1) is 8.91. The van der Waals surface area contributed by atoms with Gasteiger partial charge in [-0.2, -0.15) is 0 Å². The molecular weight excluding hydrogens is 266 g/mol. The predicted molar refractivity (Wildman–Crippen MR) is 74.6 cm³/mol. The Labute approximate surface area is 117 Å². The van der Waals surface area contributed by atoms with Gasteiger partial charge in [0, 0.05) is 17.1 Å².